The van der Waals surface area contributed by atoms with Crippen molar-refractivity contribution in [3.8, 4) is 0 Å². The van der Waals surface area contributed by atoms with Crippen molar-refractivity contribution in [2.24, 2.45) is 11.8 Å². The smallest absolute Gasteiger partial charge is 0.311 e. The Balaban J connectivity index is 1.81. The quantitative estimate of drug-likeness (QED) is 0.606. The van der Waals surface area contributed by atoms with Gasteiger partial charge in [0.1, 0.15) is 0 Å². The van der Waals surface area contributed by atoms with Crippen molar-refractivity contribution in [3.63, 3.8) is 0 Å². The molecule has 0 aromatic carbocycles. The van der Waals surface area contributed by atoms with Crippen LogP contribution in [-0.2, 0) is 0 Å². The van der Waals surface area contributed by atoms with Gasteiger partial charge in [-0.1, -0.05) is 19.3 Å². The monoisotopic (exact) mass is 261 g/mol. The lowest BCUT2D eigenvalue weighted by atomic mass is 9.75. The molecule has 102 valence electrons. The molecule has 19 heavy (non-hydrogen) atoms. The van der Waals surface area contributed by atoms with Gasteiger partial charge >= 0.3 is 5.69 Å². The topological polar surface area (TPSA) is 59.3 Å². The van der Waals surface area contributed by atoms with Crippen LogP contribution in [0.15, 0.2) is 18.3 Å². The van der Waals surface area contributed by atoms with E-state index in [9.17, 15) is 10.1 Å². The Kier molecular flexibility index (Phi) is 3.36. The Labute approximate surface area is 112 Å². The molecule has 5 nitrogen and oxygen atoms in total. The third-order valence-electron chi connectivity index (χ3n) is 4.55. The van der Waals surface area contributed by atoms with Crippen LogP contribution in [0.25, 0.3) is 0 Å². The van der Waals surface area contributed by atoms with E-state index in [1.54, 1.807) is 18.3 Å². The van der Waals surface area contributed by atoms with E-state index in [1.165, 1.54) is 25.7 Å². The molecule has 1 saturated heterocycles. The summed E-state index contributed by atoms with van der Waals surface area (Å²) in [6, 6.07) is 3.18. The van der Waals surface area contributed by atoms with Gasteiger partial charge < -0.3 is 4.90 Å². The van der Waals surface area contributed by atoms with Crippen molar-refractivity contribution < 1.29 is 4.92 Å². The third kappa shape index (κ3) is 2.41. The number of nitrogens with zero attached hydrogens (tertiary/aromatic N) is 3. The van der Waals surface area contributed by atoms with Gasteiger partial charge in [-0.15, -0.1) is 0 Å². The van der Waals surface area contributed by atoms with Crippen molar-refractivity contribution in [2.45, 2.75) is 32.1 Å². The van der Waals surface area contributed by atoms with Gasteiger partial charge in [0.2, 0.25) is 5.82 Å². The second kappa shape index (κ2) is 5.15. The lowest BCUT2D eigenvalue weighted by molar-refractivity contribution is -0.384. The van der Waals surface area contributed by atoms with Crippen LogP contribution in [0.3, 0.4) is 0 Å². The van der Waals surface area contributed by atoms with Crippen LogP contribution in [0, 0.1) is 22.0 Å². The van der Waals surface area contributed by atoms with E-state index in [-0.39, 0.29) is 10.6 Å². The molecule has 5 heteroatoms. The molecular weight excluding hydrogens is 242 g/mol. The molecule has 0 radical (unpaired) electrons. The predicted octanol–water partition coefficient (Wildman–Crippen LogP) is 3.01. The van der Waals surface area contributed by atoms with Gasteiger partial charge in [-0.25, -0.2) is 4.98 Å². The van der Waals surface area contributed by atoms with Crippen LogP contribution >= 0.6 is 0 Å². The Bertz CT molecular complexity index is 478. The van der Waals surface area contributed by atoms with Gasteiger partial charge in [-0.05, 0) is 30.7 Å². The molecule has 1 aliphatic heterocycles. The van der Waals surface area contributed by atoms with Crippen LogP contribution in [0.2, 0.25) is 0 Å². The summed E-state index contributed by atoms with van der Waals surface area (Å²) in [7, 11) is 0. The molecule has 3 rings (SSSR count). The fraction of sp³-hybridized carbons (Fsp3) is 0.643. The molecule has 1 aliphatic carbocycles. The second-order valence-electron chi connectivity index (χ2n) is 5.64. The van der Waals surface area contributed by atoms with Crippen LogP contribution in [0.5, 0.6) is 0 Å². The number of pyridine rings is 1. The highest BCUT2D eigenvalue weighted by Gasteiger charge is 2.33. The first kappa shape index (κ1) is 12.4. The molecule has 2 aliphatic rings. The molecule has 2 atom stereocenters. The average molecular weight is 261 g/mol. The first-order valence-electron chi connectivity index (χ1n) is 7.10. The highest BCUT2D eigenvalue weighted by Crippen LogP contribution is 2.38. The average Bonchev–Trinajstić information content (AvgIpc) is 2.46. The lowest BCUT2D eigenvalue weighted by Crippen LogP contribution is -2.42. The molecule has 1 saturated carbocycles. The zero-order chi connectivity index (χ0) is 13.2. The highest BCUT2D eigenvalue weighted by atomic mass is 16.6. The second-order valence-corrected chi connectivity index (χ2v) is 5.64. The molecule has 1 aromatic heterocycles. The minimum atomic E-state index is -0.324. The summed E-state index contributed by atoms with van der Waals surface area (Å²) >= 11 is 0. The minimum Gasteiger partial charge on any atom is -0.351 e. The summed E-state index contributed by atoms with van der Waals surface area (Å²) in [5.41, 5.74) is 0.136. The van der Waals surface area contributed by atoms with E-state index in [0.717, 1.165) is 25.4 Å². The van der Waals surface area contributed by atoms with Gasteiger partial charge in [-0.3, -0.25) is 10.1 Å². The number of anilines is 1. The van der Waals surface area contributed by atoms with Crippen molar-refractivity contribution in [3.05, 3.63) is 28.4 Å². The summed E-state index contributed by atoms with van der Waals surface area (Å²) < 4.78 is 0. The number of nitro groups is 1. The van der Waals surface area contributed by atoms with E-state index >= 15 is 0 Å². The zero-order valence-electron chi connectivity index (χ0n) is 11.0. The standard InChI is InChI=1S/C14H19N3O2/c18-17(19)13-6-3-8-15-14(13)16-9-7-11-4-1-2-5-12(11)10-16/h3,6,8,11-12H,1-2,4-5,7,9-10H2. The van der Waals surface area contributed by atoms with Gasteiger partial charge in [0.05, 0.1) is 4.92 Å². The van der Waals surface area contributed by atoms with E-state index < -0.39 is 0 Å². The zero-order valence-corrected chi connectivity index (χ0v) is 11.0. The van der Waals surface area contributed by atoms with Crippen molar-refractivity contribution in [1.82, 2.24) is 4.98 Å². The maximum absolute atomic E-state index is 11.1. The normalized spacial score (nSPS) is 26.8. The van der Waals surface area contributed by atoms with Gasteiger partial charge in [0.25, 0.3) is 0 Å². The maximum Gasteiger partial charge on any atom is 0.311 e. The van der Waals surface area contributed by atoms with Crippen LogP contribution in [0.1, 0.15) is 32.1 Å². The van der Waals surface area contributed by atoms with E-state index in [1.807, 2.05) is 0 Å². The summed E-state index contributed by atoms with van der Waals surface area (Å²) in [5, 5.41) is 11.1. The summed E-state index contributed by atoms with van der Waals surface area (Å²) in [5.74, 6) is 2.08. The molecule has 2 fully saturated rings. The number of piperidine rings is 1. The van der Waals surface area contributed by atoms with Gasteiger partial charge in [-0.2, -0.15) is 0 Å². The third-order valence-corrected chi connectivity index (χ3v) is 4.55. The molecule has 0 spiro atoms. The lowest BCUT2D eigenvalue weighted by Gasteiger charge is -2.41. The molecule has 1 aromatic rings. The maximum atomic E-state index is 11.1. The number of fused-ring (bicyclic) bond motifs is 1. The largest absolute Gasteiger partial charge is 0.351 e. The van der Waals surface area contributed by atoms with Gasteiger partial charge in [0.15, 0.2) is 0 Å². The fourth-order valence-electron chi connectivity index (χ4n) is 3.57. The Morgan fingerprint density at radius 1 is 1.26 bits per heavy atom. The van der Waals surface area contributed by atoms with Crippen molar-refractivity contribution in [2.75, 3.05) is 18.0 Å². The molecule has 0 N–H and O–H groups in total. The SMILES string of the molecule is O=[N+]([O-])c1cccnc1N1CCC2CCCCC2C1. The van der Waals surface area contributed by atoms with Crippen LogP contribution in [-0.4, -0.2) is 23.0 Å². The van der Waals surface area contributed by atoms with Crippen LogP contribution < -0.4 is 4.90 Å². The van der Waals surface area contributed by atoms with Crippen molar-refractivity contribution >= 4 is 11.5 Å². The summed E-state index contributed by atoms with van der Waals surface area (Å²) in [6.45, 7) is 1.83. The molecule has 0 bridgehead atoms. The number of rotatable bonds is 2. The molecular formula is C14H19N3O2. The molecule has 2 heterocycles. The van der Waals surface area contributed by atoms with E-state index in [0.29, 0.717) is 11.7 Å². The first-order chi connectivity index (χ1) is 9.25. The van der Waals surface area contributed by atoms with E-state index in [2.05, 4.69) is 9.88 Å². The highest BCUT2D eigenvalue weighted by molar-refractivity contribution is 5.57. The Morgan fingerprint density at radius 3 is 2.84 bits per heavy atom. The fourth-order valence-corrected chi connectivity index (χ4v) is 3.57. The van der Waals surface area contributed by atoms with E-state index in [4.69, 9.17) is 0 Å². The molecule has 0 amide bonds. The predicted molar refractivity (Wildman–Crippen MR) is 73.2 cm³/mol. The molecule has 2 unspecified atom stereocenters. The number of aromatic nitrogens is 1. The first-order valence-corrected chi connectivity index (χ1v) is 7.10. The summed E-state index contributed by atoms with van der Waals surface area (Å²) in [6.07, 6.45) is 8.06. The van der Waals surface area contributed by atoms with Crippen molar-refractivity contribution in [1.29, 1.82) is 0 Å². The Hall–Kier alpha value is -1.65. The Morgan fingerprint density at radius 2 is 2.05 bits per heavy atom. The van der Waals surface area contributed by atoms with Crippen LogP contribution in [0.4, 0.5) is 11.5 Å². The summed E-state index contributed by atoms with van der Waals surface area (Å²) in [4.78, 5) is 17.1. The van der Waals surface area contributed by atoms with Gasteiger partial charge in [0, 0.05) is 25.4 Å². The number of hydrogen-bond donors (Lipinski definition) is 0. The number of hydrogen-bond acceptors (Lipinski definition) is 4. The minimum absolute atomic E-state index is 0.136.